The van der Waals surface area contributed by atoms with Crippen LogP contribution in [0.4, 0.5) is 13.2 Å². The zero-order valence-electron chi connectivity index (χ0n) is 14.7. The Morgan fingerprint density at radius 1 is 1.00 bits per heavy atom. The Bertz CT molecular complexity index is 611. The van der Waals surface area contributed by atoms with Gasteiger partial charge in [-0.3, -0.25) is 9.59 Å². The molecule has 2 N–H and O–H groups in total. The summed E-state index contributed by atoms with van der Waals surface area (Å²) in [5.41, 5.74) is -1.38. The zero-order chi connectivity index (χ0) is 19.0. The first-order valence-electron chi connectivity index (χ1n) is 9.09. The molecule has 0 aromatic heterocycles. The molecule has 0 saturated heterocycles. The van der Waals surface area contributed by atoms with Crippen LogP contribution in [0.25, 0.3) is 0 Å². The zero-order valence-corrected chi connectivity index (χ0v) is 14.7. The van der Waals surface area contributed by atoms with Crippen LogP contribution in [0.2, 0.25) is 0 Å². The lowest BCUT2D eigenvalue weighted by Crippen LogP contribution is -2.35. The summed E-state index contributed by atoms with van der Waals surface area (Å²) < 4.78 is 38.7. The molecular formula is C19H25F3N2O2. The molecule has 0 spiro atoms. The summed E-state index contributed by atoms with van der Waals surface area (Å²) in [5, 5.41) is 5.12. The van der Waals surface area contributed by atoms with E-state index in [9.17, 15) is 22.8 Å². The Labute approximate surface area is 151 Å². The molecule has 1 fully saturated rings. The van der Waals surface area contributed by atoms with E-state index in [-0.39, 0.29) is 19.0 Å². The molecule has 2 rings (SSSR count). The number of alkyl halides is 3. The molecule has 1 saturated carbocycles. The van der Waals surface area contributed by atoms with Crippen molar-refractivity contribution in [3.63, 3.8) is 0 Å². The average Bonchev–Trinajstić information content (AvgIpc) is 2.63. The minimum Gasteiger partial charge on any atom is -0.354 e. The molecule has 1 aliphatic carbocycles. The second-order valence-electron chi connectivity index (χ2n) is 6.69. The van der Waals surface area contributed by atoms with E-state index < -0.39 is 23.2 Å². The Balaban J connectivity index is 1.69. The lowest BCUT2D eigenvalue weighted by molar-refractivity contribution is -0.138. The highest BCUT2D eigenvalue weighted by molar-refractivity contribution is 5.95. The smallest absolute Gasteiger partial charge is 0.354 e. The first-order valence-corrected chi connectivity index (χ1v) is 9.09. The minimum absolute atomic E-state index is 0.0829. The highest BCUT2D eigenvalue weighted by atomic mass is 19.4. The van der Waals surface area contributed by atoms with E-state index in [2.05, 4.69) is 10.6 Å². The Morgan fingerprint density at radius 2 is 1.65 bits per heavy atom. The summed E-state index contributed by atoms with van der Waals surface area (Å²) in [6, 6.07) is 4.65. The number of hydrogen-bond donors (Lipinski definition) is 2. The third-order valence-corrected chi connectivity index (χ3v) is 4.71. The van der Waals surface area contributed by atoms with Crippen LogP contribution in [0.1, 0.15) is 60.9 Å². The minimum atomic E-state index is -4.58. The summed E-state index contributed by atoms with van der Waals surface area (Å²) in [4.78, 5) is 23.8. The molecule has 2 amide bonds. The summed E-state index contributed by atoms with van der Waals surface area (Å²) in [7, 11) is 0. The number of carbonyl (C=O) groups excluding carboxylic acids is 2. The number of amides is 2. The van der Waals surface area contributed by atoms with Crippen LogP contribution in [0.15, 0.2) is 24.3 Å². The molecule has 144 valence electrons. The van der Waals surface area contributed by atoms with Crippen LogP contribution in [-0.4, -0.2) is 24.9 Å². The SMILES string of the molecule is O=C(CCC1CCCCC1)NCCNC(=O)c1ccccc1C(F)(F)F. The van der Waals surface area contributed by atoms with E-state index >= 15 is 0 Å². The average molecular weight is 370 g/mol. The summed E-state index contributed by atoms with van der Waals surface area (Å²) in [5.74, 6) is -0.261. The van der Waals surface area contributed by atoms with Gasteiger partial charge in [-0.1, -0.05) is 44.2 Å². The molecule has 0 bridgehead atoms. The van der Waals surface area contributed by atoms with E-state index in [0.717, 1.165) is 18.6 Å². The molecule has 0 radical (unpaired) electrons. The van der Waals surface area contributed by atoms with Gasteiger partial charge in [-0.15, -0.1) is 0 Å². The lowest BCUT2D eigenvalue weighted by Gasteiger charge is -2.21. The number of benzene rings is 1. The van der Waals surface area contributed by atoms with Gasteiger partial charge in [-0.25, -0.2) is 0 Å². The molecule has 26 heavy (non-hydrogen) atoms. The van der Waals surface area contributed by atoms with Gasteiger partial charge >= 0.3 is 6.18 Å². The quantitative estimate of drug-likeness (QED) is 0.715. The predicted molar refractivity (Wildman–Crippen MR) is 92.6 cm³/mol. The molecule has 0 aliphatic heterocycles. The largest absolute Gasteiger partial charge is 0.417 e. The van der Waals surface area contributed by atoms with Crippen LogP contribution < -0.4 is 10.6 Å². The predicted octanol–water partition coefficient (Wildman–Crippen LogP) is 3.91. The van der Waals surface area contributed by atoms with E-state index in [1.165, 1.54) is 44.2 Å². The topological polar surface area (TPSA) is 58.2 Å². The molecule has 0 unspecified atom stereocenters. The summed E-state index contributed by atoms with van der Waals surface area (Å²) in [6.45, 7) is 0.281. The standard InChI is InChI=1S/C19H25F3N2O2/c20-19(21,22)16-9-5-4-8-15(16)18(26)24-13-12-23-17(25)11-10-14-6-2-1-3-7-14/h4-5,8-9,14H,1-3,6-7,10-13H2,(H,23,25)(H,24,26). The van der Waals surface area contributed by atoms with Gasteiger partial charge in [0.1, 0.15) is 0 Å². The molecule has 0 atom stereocenters. The van der Waals surface area contributed by atoms with Crippen molar-refractivity contribution >= 4 is 11.8 Å². The van der Waals surface area contributed by atoms with Gasteiger partial charge < -0.3 is 10.6 Å². The second kappa shape index (κ2) is 9.59. The number of nitrogens with one attached hydrogen (secondary N) is 2. The van der Waals surface area contributed by atoms with Crippen molar-refractivity contribution in [1.82, 2.24) is 10.6 Å². The number of hydrogen-bond acceptors (Lipinski definition) is 2. The van der Waals surface area contributed by atoms with Crippen molar-refractivity contribution in [1.29, 1.82) is 0 Å². The normalized spacial score (nSPS) is 15.5. The Kier molecular flexibility index (Phi) is 7.48. The number of rotatable bonds is 7. The third-order valence-electron chi connectivity index (χ3n) is 4.71. The fraction of sp³-hybridized carbons (Fsp3) is 0.579. The van der Waals surface area contributed by atoms with E-state index in [1.807, 2.05) is 0 Å². The van der Waals surface area contributed by atoms with Gasteiger partial charge in [0.25, 0.3) is 5.91 Å². The van der Waals surface area contributed by atoms with Crippen molar-refractivity contribution in [2.45, 2.75) is 51.1 Å². The van der Waals surface area contributed by atoms with Gasteiger partial charge in [0.05, 0.1) is 11.1 Å². The van der Waals surface area contributed by atoms with Gasteiger partial charge in [-0.2, -0.15) is 13.2 Å². The van der Waals surface area contributed by atoms with Crippen molar-refractivity contribution in [2.75, 3.05) is 13.1 Å². The van der Waals surface area contributed by atoms with Crippen molar-refractivity contribution < 1.29 is 22.8 Å². The molecule has 1 aromatic carbocycles. The molecule has 1 aliphatic rings. The van der Waals surface area contributed by atoms with Crippen LogP contribution in [0.5, 0.6) is 0 Å². The highest BCUT2D eigenvalue weighted by Crippen LogP contribution is 2.31. The maximum atomic E-state index is 12.9. The van der Waals surface area contributed by atoms with Crippen molar-refractivity contribution in [3.8, 4) is 0 Å². The Hall–Kier alpha value is -2.05. The van der Waals surface area contributed by atoms with Crippen LogP contribution in [0.3, 0.4) is 0 Å². The number of carbonyl (C=O) groups is 2. The Morgan fingerprint density at radius 3 is 2.35 bits per heavy atom. The summed E-state index contributed by atoms with van der Waals surface area (Å²) >= 11 is 0. The monoisotopic (exact) mass is 370 g/mol. The van der Waals surface area contributed by atoms with Crippen LogP contribution in [0, 0.1) is 5.92 Å². The van der Waals surface area contributed by atoms with E-state index in [4.69, 9.17) is 0 Å². The first-order chi connectivity index (χ1) is 12.4. The van der Waals surface area contributed by atoms with Crippen molar-refractivity contribution in [2.24, 2.45) is 5.92 Å². The first kappa shape index (κ1) is 20.3. The van der Waals surface area contributed by atoms with E-state index in [0.29, 0.717) is 12.3 Å². The number of halogens is 3. The molecule has 7 heteroatoms. The maximum Gasteiger partial charge on any atom is 0.417 e. The van der Waals surface area contributed by atoms with E-state index in [1.54, 1.807) is 0 Å². The van der Waals surface area contributed by atoms with Gasteiger partial charge in [0.2, 0.25) is 5.91 Å². The van der Waals surface area contributed by atoms with Crippen molar-refractivity contribution in [3.05, 3.63) is 35.4 Å². The summed E-state index contributed by atoms with van der Waals surface area (Å²) in [6.07, 6.45) is 2.85. The second-order valence-corrected chi connectivity index (χ2v) is 6.69. The molecule has 0 heterocycles. The van der Waals surface area contributed by atoms with Crippen LogP contribution in [-0.2, 0) is 11.0 Å². The molecule has 4 nitrogen and oxygen atoms in total. The third kappa shape index (κ3) is 6.35. The van der Waals surface area contributed by atoms with Gasteiger partial charge in [-0.05, 0) is 24.5 Å². The van der Waals surface area contributed by atoms with Gasteiger partial charge in [0, 0.05) is 19.5 Å². The molecular weight excluding hydrogens is 345 g/mol. The fourth-order valence-electron chi connectivity index (χ4n) is 3.30. The highest BCUT2D eigenvalue weighted by Gasteiger charge is 2.34. The lowest BCUT2D eigenvalue weighted by atomic mass is 9.86. The molecule has 1 aromatic rings. The maximum absolute atomic E-state index is 12.9. The van der Waals surface area contributed by atoms with Gasteiger partial charge in [0.15, 0.2) is 0 Å². The fourth-order valence-corrected chi connectivity index (χ4v) is 3.30. The van der Waals surface area contributed by atoms with Crippen LogP contribution >= 0.6 is 0 Å².